The van der Waals surface area contributed by atoms with Crippen LogP contribution in [-0.2, 0) is 0 Å². The van der Waals surface area contributed by atoms with E-state index in [9.17, 15) is 4.79 Å². The number of nitrogens with zero attached hydrogens (tertiary/aromatic N) is 3. The molecule has 0 radical (unpaired) electrons. The summed E-state index contributed by atoms with van der Waals surface area (Å²) in [5.41, 5.74) is 2.30. The van der Waals surface area contributed by atoms with E-state index in [1.807, 2.05) is 41.2 Å². The van der Waals surface area contributed by atoms with Crippen LogP contribution in [0.5, 0.6) is 5.75 Å². The number of hydrogen-bond donors (Lipinski definition) is 1. The number of ether oxygens (including phenoxy) is 1. The van der Waals surface area contributed by atoms with Crippen molar-refractivity contribution in [2.45, 2.75) is 6.04 Å². The Morgan fingerprint density at radius 1 is 1.22 bits per heavy atom. The summed E-state index contributed by atoms with van der Waals surface area (Å²) >= 11 is 6.41. The minimum absolute atomic E-state index is 0.0817. The Hall–Kier alpha value is -2.99. The lowest BCUT2D eigenvalue weighted by molar-refractivity contribution is 0.0927. The molecule has 0 aliphatic carbocycles. The first-order valence-electron chi connectivity index (χ1n) is 8.62. The summed E-state index contributed by atoms with van der Waals surface area (Å²) < 4.78 is 7.31. The average Bonchev–Trinajstić information content (AvgIpc) is 3.19. The molecule has 3 heterocycles. The van der Waals surface area contributed by atoms with Crippen LogP contribution in [0.1, 0.15) is 10.4 Å². The van der Waals surface area contributed by atoms with Crippen molar-refractivity contribution in [2.75, 3.05) is 25.1 Å². The number of methoxy groups -OCH3 is 1. The van der Waals surface area contributed by atoms with Crippen molar-refractivity contribution in [1.29, 1.82) is 0 Å². The van der Waals surface area contributed by atoms with E-state index in [1.54, 1.807) is 31.6 Å². The Morgan fingerprint density at radius 3 is 2.59 bits per heavy atom. The van der Waals surface area contributed by atoms with Gasteiger partial charge in [0, 0.05) is 49.6 Å². The number of benzene rings is 1. The third-order valence-corrected chi connectivity index (χ3v) is 4.94. The van der Waals surface area contributed by atoms with Crippen molar-refractivity contribution in [2.24, 2.45) is 0 Å². The summed E-state index contributed by atoms with van der Waals surface area (Å²) in [6, 6.07) is 11.3. The van der Waals surface area contributed by atoms with Gasteiger partial charge in [0.15, 0.2) is 0 Å². The molecule has 0 spiro atoms. The fourth-order valence-electron chi connectivity index (χ4n) is 3.18. The Kier molecular flexibility index (Phi) is 4.73. The lowest BCUT2D eigenvalue weighted by Crippen LogP contribution is -2.59. The molecule has 1 amide bonds. The Balaban J connectivity index is 1.47. The predicted molar refractivity (Wildman–Crippen MR) is 105 cm³/mol. The van der Waals surface area contributed by atoms with Gasteiger partial charge in [0.2, 0.25) is 0 Å². The molecule has 0 bridgehead atoms. The number of carbonyl (C=O) groups is 1. The maximum absolute atomic E-state index is 12.7. The first kappa shape index (κ1) is 17.4. The van der Waals surface area contributed by atoms with Crippen LogP contribution in [0.2, 0.25) is 5.02 Å². The lowest BCUT2D eigenvalue weighted by atomic mass is 10.1. The van der Waals surface area contributed by atoms with Gasteiger partial charge in [-0.1, -0.05) is 11.6 Å². The summed E-state index contributed by atoms with van der Waals surface area (Å²) in [6.07, 6.45) is 7.31. The molecule has 3 aromatic rings. The lowest BCUT2D eigenvalue weighted by Gasteiger charge is -2.41. The van der Waals surface area contributed by atoms with Crippen molar-refractivity contribution in [3.63, 3.8) is 0 Å². The summed E-state index contributed by atoms with van der Waals surface area (Å²) in [6.45, 7) is 1.51. The molecule has 1 aliphatic heterocycles. The maximum atomic E-state index is 12.7. The molecular formula is C20H19ClN4O2. The zero-order valence-electron chi connectivity index (χ0n) is 14.8. The number of amides is 1. The van der Waals surface area contributed by atoms with E-state index in [2.05, 4.69) is 15.2 Å². The molecule has 1 saturated heterocycles. The molecule has 1 aliphatic rings. The van der Waals surface area contributed by atoms with Crippen LogP contribution in [0.3, 0.4) is 0 Å². The summed E-state index contributed by atoms with van der Waals surface area (Å²) in [4.78, 5) is 18.9. The van der Waals surface area contributed by atoms with E-state index in [1.165, 1.54) is 0 Å². The van der Waals surface area contributed by atoms with E-state index in [4.69, 9.17) is 16.3 Å². The fraction of sp³-hybridized carbons (Fsp3) is 0.200. The highest BCUT2D eigenvalue weighted by atomic mass is 35.5. The van der Waals surface area contributed by atoms with E-state index < -0.39 is 0 Å². The second-order valence-electron chi connectivity index (χ2n) is 6.37. The van der Waals surface area contributed by atoms with Crippen LogP contribution < -0.4 is 15.0 Å². The standard InChI is InChI=1S/C20H19ClN4O2/c1-27-19-11-18(24-8-2-3-9-24)17(21)10-16(19)20(26)23-14-12-25(13-14)15-4-6-22-7-5-15/h2-11,14H,12-13H2,1H3,(H,23,26). The van der Waals surface area contributed by atoms with Gasteiger partial charge in [-0.2, -0.15) is 0 Å². The number of carbonyl (C=O) groups excluding carboxylic acids is 1. The molecule has 4 rings (SSSR count). The van der Waals surface area contributed by atoms with Crippen LogP contribution >= 0.6 is 11.6 Å². The number of rotatable bonds is 5. The Morgan fingerprint density at radius 2 is 1.93 bits per heavy atom. The maximum Gasteiger partial charge on any atom is 0.255 e. The van der Waals surface area contributed by atoms with Crippen LogP contribution in [0.25, 0.3) is 5.69 Å². The number of pyridine rings is 1. The van der Waals surface area contributed by atoms with Gasteiger partial charge in [0.05, 0.1) is 29.4 Å². The molecule has 2 aromatic heterocycles. The van der Waals surface area contributed by atoms with Gasteiger partial charge in [0.1, 0.15) is 5.75 Å². The van der Waals surface area contributed by atoms with Crippen LogP contribution in [0, 0.1) is 0 Å². The van der Waals surface area contributed by atoms with Crippen molar-refractivity contribution in [3.8, 4) is 11.4 Å². The van der Waals surface area contributed by atoms with Gasteiger partial charge in [0.25, 0.3) is 5.91 Å². The van der Waals surface area contributed by atoms with Gasteiger partial charge in [-0.05, 0) is 30.3 Å². The molecule has 0 saturated carbocycles. The molecule has 0 unspecified atom stereocenters. The van der Waals surface area contributed by atoms with Crippen molar-refractivity contribution in [3.05, 3.63) is 71.8 Å². The predicted octanol–water partition coefficient (Wildman–Crippen LogP) is 3.15. The minimum Gasteiger partial charge on any atom is -0.496 e. The average molecular weight is 383 g/mol. The summed E-state index contributed by atoms with van der Waals surface area (Å²) in [5.74, 6) is 0.304. The monoisotopic (exact) mass is 382 g/mol. The van der Waals surface area contributed by atoms with Gasteiger partial charge in [-0.25, -0.2) is 0 Å². The molecule has 1 fully saturated rings. The van der Waals surface area contributed by atoms with Crippen LogP contribution in [0.4, 0.5) is 5.69 Å². The van der Waals surface area contributed by atoms with Gasteiger partial charge < -0.3 is 19.5 Å². The SMILES string of the molecule is COc1cc(-n2cccc2)c(Cl)cc1C(=O)NC1CN(c2ccncc2)C1. The van der Waals surface area contributed by atoms with Gasteiger partial charge >= 0.3 is 0 Å². The van der Waals surface area contributed by atoms with Crippen molar-refractivity contribution >= 4 is 23.2 Å². The van der Waals surface area contributed by atoms with Gasteiger partial charge in [-0.3, -0.25) is 9.78 Å². The molecule has 0 atom stereocenters. The fourth-order valence-corrected chi connectivity index (χ4v) is 3.44. The molecular weight excluding hydrogens is 364 g/mol. The van der Waals surface area contributed by atoms with Gasteiger partial charge in [-0.15, -0.1) is 0 Å². The second-order valence-corrected chi connectivity index (χ2v) is 6.78. The Labute approximate surface area is 162 Å². The first-order chi connectivity index (χ1) is 13.2. The highest BCUT2D eigenvalue weighted by Gasteiger charge is 2.29. The third-order valence-electron chi connectivity index (χ3n) is 4.64. The van der Waals surface area contributed by atoms with Crippen LogP contribution in [-0.4, -0.2) is 41.7 Å². The highest BCUT2D eigenvalue weighted by molar-refractivity contribution is 6.33. The minimum atomic E-state index is -0.188. The molecule has 1 N–H and O–H groups in total. The van der Waals surface area contributed by atoms with E-state index >= 15 is 0 Å². The summed E-state index contributed by atoms with van der Waals surface area (Å²) in [7, 11) is 1.55. The quantitative estimate of drug-likeness (QED) is 0.736. The molecule has 1 aromatic carbocycles. The topological polar surface area (TPSA) is 59.4 Å². The smallest absolute Gasteiger partial charge is 0.255 e. The highest BCUT2D eigenvalue weighted by Crippen LogP contribution is 2.30. The second kappa shape index (κ2) is 7.32. The van der Waals surface area contributed by atoms with Crippen molar-refractivity contribution in [1.82, 2.24) is 14.9 Å². The number of anilines is 1. The number of aromatic nitrogens is 2. The Bertz CT molecular complexity index is 938. The number of hydrogen-bond acceptors (Lipinski definition) is 4. The van der Waals surface area contributed by atoms with Crippen molar-refractivity contribution < 1.29 is 9.53 Å². The molecule has 27 heavy (non-hydrogen) atoms. The van der Waals surface area contributed by atoms with E-state index in [0.29, 0.717) is 16.3 Å². The summed E-state index contributed by atoms with van der Waals surface area (Å²) in [5, 5.41) is 3.54. The first-order valence-corrected chi connectivity index (χ1v) is 9.00. The third kappa shape index (κ3) is 3.48. The zero-order valence-corrected chi connectivity index (χ0v) is 15.6. The van der Waals surface area contributed by atoms with E-state index in [-0.39, 0.29) is 11.9 Å². The molecule has 138 valence electrons. The molecule has 7 heteroatoms. The number of halogens is 1. The van der Waals surface area contributed by atoms with Crippen LogP contribution in [0.15, 0.2) is 61.2 Å². The van der Waals surface area contributed by atoms with E-state index in [0.717, 1.165) is 24.5 Å². The number of nitrogens with one attached hydrogen (secondary N) is 1. The largest absolute Gasteiger partial charge is 0.496 e. The normalized spacial score (nSPS) is 13.9. The zero-order chi connectivity index (χ0) is 18.8. The molecule has 6 nitrogen and oxygen atoms in total.